The summed E-state index contributed by atoms with van der Waals surface area (Å²) in [5, 5.41) is 6.11. The number of rotatable bonds is 8. The van der Waals surface area contributed by atoms with Crippen LogP contribution in [0.1, 0.15) is 35.6 Å². The molecule has 0 heterocycles. The summed E-state index contributed by atoms with van der Waals surface area (Å²) in [7, 11) is 3.33. The van der Waals surface area contributed by atoms with Crippen LogP contribution >= 0.6 is 0 Å². The monoisotopic (exact) mass is 354 g/mol. The average Bonchev–Trinajstić information content (AvgIpc) is 3.51. The van der Waals surface area contributed by atoms with Gasteiger partial charge in [-0.25, -0.2) is 4.79 Å². The Bertz CT molecular complexity index is 726. The normalized spacial score (nSPS) is 14.5. The van der Waals surface area contributed by atoms with E-state index in [0.717, 1.165) is 35.3 Å². The van der Waals surface area contributed by atoms with Gasteiger partial charge in [0.05, 0.1) is 19.8 Å². The molecule has 1 unspecified atom stereocenters. The maximum atomic E-state index is 12.4. The Morgan fingerprint density at radius 3 is 2.38 bits per heavy atom. The molecule has 0 aliphatic heterocycles. The van der Waals surface area contributed by atoms with Gasteiger partial charge in [-0.1, -0.05) is 36.4 Å². The largest absolute Gasteiger partial charge is 0.497 e. The van der Waals surface area contributed by atoms with E-state index < -0.39 is 0 Å². The van der Waals surface area contributed by atoms with Crippen molar-refractivity contribution >= 4 is 6.03 Å². The molecule has 5 nitrogen and oxygen atoms in total. The van der Waals surface area contributed by atoms with E-state index in [1.165, 1.54) is 0 Å². The van der Waals surface area contributed by atoms with Gasteiger partial charge in [0.2, 0.25) is 0 Å². The zero-order valence-electron chi connectivity index (χ0n) is 15.3. The van der Waals surface area contributed by atoms with Gasteiger partial charge < -0.3 is 20.1 Å². The maximum absolute atomic E-state index is 12.4. The second-order valence-electron chi connectivity index (χ2n) is 6.62. The van der Waals surface area contributed by atoms with Gasteiger partial charge >= 0.3 is 6.03 Å². The second-order valence-corrected chi connectivity index (χ2v) is 6.62. The van der Waals surface area contributed by atoms with Crippen molar-refractivity contribution in [1.82, 2.24) is 10.6 Å². The van der Waals surface area contributed by atoms with E-state index in [1.54, 1.807) is 14.2 Å². The van der Waals surface area contributed by atoms with Gasteiger partial charge in [-0.3, -0.25) is 0 Å². The van der Waals surface area contributed by atoms with Gasteiger partial charge in [0.1, 0.15) is 5.75 Å². The number of benzene rings is 2. The molecule has 2 aromatic carbocycles. The van der Waals surface area contributed by atoms with Gasteiger partial charge in [-0.05, 0) is 47.6 Å². The summed E-state index contributed by atoms with van der Waals surface area (Å²) in [4.78, 5) is 12.4. The van der Waals surface area contributed by atoms with E-state index in [0.29, 0.717) is 19.1 Å². The van der Waals surface area contributed by atoms with Crippen LogP contribution in [0.25, 0.3) is 0 Å². The van der Waals surface area contributed by atoms with Crippen molar-refractivity contribution in [3.05, 3.63) is 65.2 Å². The summed E-state index contributed by atoms with van der Waals surface area (Å²) in [6.07, 6.45) is 2.29. The summed E-state index contributed by atoms with van der Waals surface area (Å²) >= 11 is 0. The number of amides is 2. The highest BCUT2D eigenvalue weighted by Gasteiger charge is 2.33. The van der Waals surface area contributed by atoms with E-state index in [2.05, 4.69) is 10.6 Å². The second kappa shape index (κ2) is 8.72. The predicted molar refractivity (Wildman–Crippen MR) is 101 cm³/mol. The van der Waals surface area contributed by atoms with Gasteiger partial charge in [-0.15, -0.1) is 0 Å². The number of nitrogens with one attached hydrogen (secondary N) is 2. The molecule has 138 valence electrons. The molecule has 2 aromatic rings. The lowest BCUT2D eigenvalue weighted by atomic mass is 10.0. The molecule has 1 fully saturated rings. The lowest BCUT2D eigenvalue weighted by molar-refractivity contribution is 0.184. The van der Waals surface area contributed by atoms with Crippen LogP contribution in [0.4, 0.5) is 4.79 Å². The molecule has 5 heteroatoms. The molecular weight excluding hydrogens is 328 g/mol. The maximum Gasteiger partial charge on any atom is 0.315 e. The average molecular weight is 354 g/mol. The van der Waals surface area contributed by atoms with Crippen LogP contribution in [0.2, 0.25) is 0 Å². The summed E-state index contributed by atoms with van der Waals surface area (Å²) in [6, 6.07) is 15.8. The van der Waals surface area contributed by atoms with Crippen LogP contribution in [-0.4, -0.2) is 20.3 Å². The molecule has 1 aliphatic carbocycles. The fraction of sp³-hybridized carbons (Fsp3) is 0.381. The predicted octanol–water partition coefficient (Wildman–Crippen LogP) is 3.79. The Labute approximate surface area is 154 Å². The van der Waals surface area contributed by atoms with Gasteiger partial charge in [0, 0.05) is 13.7 Å². The van der Waals surface area contributed by atoms with Crippen molar-refractivity contribution in [2.45, 2.75) is 32.0 Å². The van der Waals surface area contributed by atoms with E-state index in [9.17, 15) is 4.79 Å². The first-order valence-corrected chi connectivity index (χ1v) is 8.95. The number of ether oxygens (including phenoxy) is 2. The zero-order chi connectivity index (χ0) is 18.4. The van der Waals surface area contributed by atoms with E-state index in [4.69, 9.17) is 9.47 Å². The molecule has 0 saturated heterocycles. The standard InChI is InChI=1S/C21H26N2O3/c1-25-14-18-6-4-3-5-17(18)13-22-21(24)23-20(15-7-8-15)16-9-11-19(26-2)12-10-16/h3-6,9-12,15,20H,7-8,13-14H2,1-2H3,(H2,22,23,24). The first-order valence-electron chi connectivity index (χ1n) is 8.95. The van der Waals surface area contributed by atoms with Crippen molar-refractivity contribution in [1.29, 1.82) is 0 Å². The van der Waals surface area contributed by atoms with Crippen molar-refractivity contribution in [2.75, 3.05) is 14.2 Å². The smallest absolute Gasteiger partial charge is 0.315 e. The van der Waals surface area contributed by atoms with Crippen molar-refractivity contribution in [2.24, 2.45) is 5.92 Å². The molecule has 0 radical (unpaired) electrons. The zero-order valence-corrected chi connectivity index (χ0v) is 15.3. The number of urea groups is 1. The summed E-state index contributed by atoms with van der Waals surface area (Å²) < 4.78 is 10.4. The molecule has 1 atom stereocenters. The number of carbonyl (C=O) groups excluding carboxylic acids is 1. The van der Waals surface area contributed by atoms with Gasteiger partial charge in [-0.2, -0.15) is 0 Å². The molecule has 26 heavy (non-hydrogen) atoms. The van der Waals surface area contributed by atoms with Crippen LogP contribution in [0.3, 0.4) is 0 Å². The fourth-order valence-corrected chi connectivity index (χ4v) is 3.11. The highest BCUT2D eigenvalue weighted by Crippen LogP contribution is 2.41. The lowest BCUT2D eigenvalue weighted by Crippen LogP contribution is -2.38. The molecule has 2 amide bonds. The summed E-state index contributed by atoms with van der Waals surface area (Å²) in [5.41, 5.74) is 3.27. The fourth-order valence-electron chi connectivity index (χ4n) is 3.11. The Morgan fingerprint density at radius 2 is 1.77 bits per heavy atom. The highest BCUT2D eigenvalue weighted by molar-refractivity contribution is 5.74. The molecular formula is C21H26N2O3. The minimum absolute atomic E-state index is 0.0372. The van der Waals surface area contributed by atoms with Gasteiger partial charge in [0.25, 0.3) is 0 Å². The van der Waals surface area contributed by atoms with E-state index in [-0.39, 0.29) is 12.1 Å². The Kier molecular flexibility index (Phi) is 6.12. The molecule has 1 saturated carbocycles. The molecule has 0 bridgehead atoms. The van der Waals surface area contributed by atoms with Crippen molar-refractivity contribution in [3.63, 3.8) is 0 Å². The van der Waals surface area contributed by atoms with Crippen LogP contribution < -0.4 is 15.4 Å². The third kappa shape index (κ3) is 4.76. The molecule has 3 rings (SSSR count). The summed E-state index contributed by atoms with van der Waals surface area (Å²) in [6.45, 7) is 1.02. The third-order valence-electron chi connectivity index (χ3n) is 4.71. The highest BCUT2D eigenvalue weighted by atomic mass is 16.5. The minimum Gasteiger partial charge on any atom is -0.497 e. The van der Waals surface area contributed by atoms with Crippen LogP contribution in [0, 0.1) is 5.92 Å². The molecule has 0 spiro atoms. The Morgan fingerprint density at radius 1 is 1.08 bits per heavy atom. The Balaban J connectivity index is 1.60. The first kappa shape index (κ1) is 18.3. The third-order valence-corrected chi connectivity index (χ3v) is 4.71. The quantitative estimate of drug-likeness (QED) is 0.758. The minimum atomic E-state index is -0.148. The van der Waals surface area contributed by atoms with Crippen LogP contribution in [0.15, 0.2) is 48.5 Å². The van der Waals surface area contributed by atoms with E-state index >= 15 is 0 Å². The topological polar surface area (TPSA) is 59.6 Å². The first-order chi connectivity index (χ1) is 12.7. The Hall–Kier alpha value is -2.53. The molecule has 1 aliphatic rings. The number of hydrogen-bond donors (Lipinski definition) is 2. The molecule has 0 aromatic heterocycles. The number of carbonyl (C=O) groups is 1. The van der Waals surface area contributed by atoms with Crippen LogP contribution in [-0.2, 0) is 17.9 Å². The summed E-state index contributed by atoms with van der Waals surface area (Å²) in [5.74, 6) is 1.33. The number of methoxy groups -OCH3 is 2. The number of hydrogen-bond acceptors (Lipinski definition) is 3. The van der Waals surface area contributed by atoms with Crippen LogP contribution in [0.5, 0.6) is 5.75 Å². The van der Waals surface area contributed by atoms with E-state index in [1.807, 2.05) is 48.5 Å². The van der Waals surface area contributed by atoms with Gasteiger partial charge in [0.15, 0.2) is 0 Å². The lowest BCUT2D eigenvalue weighted by Gasteiger charge is -2.20. The van der Waals surface area contributed by atoms with Crippen molar-refractivity contribution in [3.8, 4) is 5.75 Å². The molecule has 2 N–H and O–H groups in total. The van der Waals surface area contributed by atoms with Crippen molar-refractivity contribution < 1.29 is 14.3 Å². The SMILES string of the molecule is COCc1ccccc1CNC(=O)NC(c1ccc(OC)cc1)C1CC1.